The molecule has 0 spiro atoms. The van der Waals surface area contributed by atoms with Crippen LogP contribution in [0.3, 0.4) is 0 Å². The number of aliphatic hydroxyl groups is 1. The molecule has 1 aromatic carbocycles. The Balaban J connectivity index is 1.66. The number of carbonyl (C=O) groups is 1. The number of rotatable bonds is 3. The van der Waals surface area contributed by atoms with E-state index in [1.54, 1.807) is 4.90 Å². The predicted molar refractivity (Wildman–Crippen MR) is 77.3 cm³/mol. The maximum atomic E-state index is 12.4. The summed E-state index contributed by atoms with van der Waals surface area (Å²) in [6.45, 7) is 1.20. The summed E-state index contributed by atoms with van der Waals surface area (Å²) in [5.41, 5.74) is 1.18. The van der Waals surface area contributed by atoms with Crippen LogP contribution < -0.4 is 5.32 Å². The number of benzene rings is 1. The molecule has 1 saturated heterocycles. The van der Waals surface area contributed by atoms with Crippen molar-refractivity contribution in [2.45, 2.75) is 37.8 Å². The highest BCUT2D eigenvalue weighted by atomic mass is 16.3. The minimum Gasteiger partial charge on any atom is -0.391 e. The smallest absolute Gasteiger partial charge is 0.317 e. The van der Waals surface area contributed by atoms with Crippen molar-refractivity contribution in [1.82, 2.24) is 10.2 Å². The zero-order chi connectivity index (χ0) is 13.9. The van der Waals surface area contributed by atoms with Crippen LogP contribution in [0.15, 0.2) is 30.3 Å². The highest BCUT2D eigenvalue weighted by Crippen LogP contribution is 2.41. The Hall–Kier alpha value is -1.55. The number of urea groups is 1. The minimum absolute atomic E-state index is 0.0375. The maximum Gasteiger partial charge on any atom is 0.317 e. The van der Waals surface area contributed by atoms with Crippen molar-refractivity contribution in [2.75, 3.05) is 13.1 Å². The average molecular weight is 274 g/mol. The van der Waals surface area contributed by atoms with Crippen LogP contribution in [0.5, 0.6) is 0 Å². The Morgan fingerprint density at radius 3 is 2.65 bits per heavy atom. The molecule has 1 saturated carbocycles. The molecule has 2 unspecified atom stereocenters. The molecule has 2 atom stereocenters. The number of piperidine rings is 1. The van der Waals surface area contributed by atoms with E-state index < -0.39 is 0 Å². The van der Waals surface area contributed by atoms with Crippen molar-refractivity contribution in [1.29, 1.82) is 0 Å². The second-order valence-electron chi connectivity index (χ2n) is 5.92. The van der Waals surface area contributed by atoms with Gasteiger partial charge in [-0.3, -0.25) is 0 Å². The van der Waals surface area contributed by atoms with Crippen molar-refractivity contribution in [2.24, 2.45) is 5.92 Å². The third-order valence-electron chi connectivity index (χ3n) is 4.21. The Morgan fingerprint density at radius 1 is 1.25 bits per heavy atom. The van der Waals surface area contributed by atoms with Gasteiger partial charge in [-0.25, -0.2) is 4.79 Å². The van der Waals surface area contributed by atoms with Gasteiger partial charge >= 0.3 is 6.03 Å². The number of hydrogen-bond donors (Lipinski definition) is 2. The third kappa shape index (κ3) is 3.12. The molecular weight excluding hydrogens is 252 g/mol. The highest BCUT2D eigenvalue weighted by Gasteiger charge is 2.34. The van der Waals surface area contributed by atoms with Gasteiger partial charge in [0.05, 0.1) is 12.1 Å². The van der Waals surface area contributed by atoms with E-state index in [1.807, 2.05) is 18.2 Å². The summed E-state index contributed by atoms with van der Waals surface area (Å²) in [4.78, 5) is 14.1. The van der Waals surface area contributed by atoms with Crippen LogP contribution in [0.1, 0.15) is 37.3 Å². The number of hydrogen-bond acceptors (Lipinski definition) is 2. The number of nitrogens with zero attached hydrogens (tertiary/aromatic N) is 1. The molecule has 0 aromatic heterocycles. The number of nitrogens with one attached hydrogen (secondary N) is 1. The van der Waals surface area contributed by atoms with E-state index in [1.165, 1.54) is 18.4 Å². The van der Waals surface area contributed by atoms with Gasteiger partial charge in [-0.1, -0.05) is 30.3 Å². The van der Waals surface area contributed by atoms with Gasteiger partial charge in [-0.05, 0) is 37.2 Å². The van der Waals surface area contributed by atoms with E-state index in [4.69, 9.17) is 0 Å². The fourth-order valence-electron chi connectivity index (χ4n) is 2.93. The highest BCUT2D eigenvalue weighted by molar-refractivity contribution is 5.75. The van der Waals surface area contributed by atoms with Gasteiger partial charge in [0.2, 0.25) is 0 Å². The second kappa shape index (κ2) is 5.83. The lowest BCUT2D eigenvalue weighted by molar-refractivity contribution is 0.0830. The molecule has 4 nitrogen and oxygen atoms in total. The van der Waals surface area contributed by atoms with Crippen molar-refractivity contribution >= 4 is 6.03 Å². The van der Waals surface area contributed by atoms with Crippen LogP contribution in [-0.2, 0) is 0 Å². The molecule has 2 amide bonds. The van der Waals surface area contributed by atoms with Gasteiger partial charge in [-0.15, -0.1) is 0 Å². The van der Waals surface area contributed by atoms with Gasteiger partial charge in [0, 0.05) is 13.1 Å². The predicted octanol–water partition coefficient (Wildman–Crippen LogP) is 2.30. The van der Waals surface area contributed by atoms with Crippen LogP contribution in [0.2, 0.25) is 0 Å². The van der Waals surface area contributed by atoms with Crippen LogP contribution in [0.25, 0.3) is 0 Å². The summed E-state index contributed by atoms with van der Waals surface area (Å²) in [7, 11) is 0. The summed E-state index contributed by atoms with van der Waals surface area (Å²) in [6.07, 6.45) is 3.68. The molecule has 1 heterocycles. The standard InChI is InChI=1S/C16H22N2O2/c19-14-7-4-10-18(11-14)16(20)17-15(13-8-9-13)12-5-2-1-3-6-12/h1-3,5-6,13-15,19H,4,7-11H2,(H,17,20). The summed E-state index contributed by atoms with van der Waals surface area (Å²) in [6, 6.07) is 10.3. The van der Waals surface area contributed by atoms with Crippen LogP contribution >= 0.6 is 0 Å². The first kappa shape index (κ1) is 13.4. The number of carbonyl (C=O) groups excluding carboxylic acids is 1. The van der Waals surface area contributed by atoms with E-state index in [0.29, 0.717) is 12.5 Å². The van der Waals surface area contributed by atoms with Crippen molar-refractivity contribution < 1.29 is 9.90 Å². The van der Waals surface area contributed by atoms with Crippen LogP contribution in [0.4, 0.5) is 4.79 Å². The molecule has 3 rings (SSSR count). The average Bonchev–Trinajstić information content (AvgIpc) is 3.30. The second-order valence-corrected chi connectivity index (χ2v) is 5.92. The number of amides is 2. The van der Waals surface area contributed by atoms with Crippen LogP contribution in [0, 0.1) is 5.92 Å². The van der Waals surface area contributed by atoms with Gasteiger partial charge in [-0.2, -0.15) is 0 Å². The minimum atomic E-state index is -0.370. The molecule has 20 heavy (non-hydrogen) atoms. The molecule has 1 aromatic rings. The number of β-amino-alcohol motifs (C(OH)–C–C–N with tert-alkyl or cyclic N) is 1. The zero-order valence-corrected chi connectivity index (χ0v) is 11.7. The zero-order valence-electron chi connectivity index (χ0n) is 11.7. The molecular formula is C16H22N2O2. The van der Waals surface area contributed by atoms with Gasteiger partial charge < -0.3 is 15.3 Å². The lowest BCUT2D eigenvalue weighted by atomic mass is 10.0. The monoisotopic (exact) mass is 274 g/mol. The topological polar surface area (TPSA) is 52.6 Å². The SMILES string of the molecule is O=C(NC(c1ccccc1)C1CC1)N1CCCC(O)C1. The van der Waals surface area contributed by atoms with Crippen molar-refractivity contribution in [3.05, 3.63) is 35.9 Å². The van der Waals surface area contributed by atoms with E-state index in [9.17, 15) is 9.90 Å². The molecule has 0 radical (unpaired) electrons. The van der Waals surface area contributed by atoms with Gasteiger partial charge in [0.25, 0.3) is 0 Å². The molecule has 2 aliphatic rings. The van der Waals surface area contributed by atoms with Crippen LogP contribution in [-0.4, -0.2) is 35.2 Å². The summed E-state index contributed by atoms with van der Waals surface area (Å²) < 4.78 is 0. The van der Waals surface area contributed by atoms with E-state index in [2.05, 4.69) is 17.4 Å². The molecule has 1 aliphatic carbocycles. The first-order valence-electron chi connectivity index (χ1n) is 7.52. The number of likely N-dealkylation sites (tertiary alicyclic amines) is 1. The van der Waals surface area contributed by atoms with E-state index in [0.717, 1.165) is 19.4 Å². The first-order chi connectivity index (χ1) is 9.74. The van der Waals surface area contributed by atoms with E-state index >= 15 is 0 Å². The van der Waals surface area contributed by atoms with Gasteiger partial charge in [0.1, 0.15) is 0 Å². The van der Waals surface area contributed by atoms with Crippen molar-refractivity contribution in [3.63, 3.8) is 0 Å². The molecule has 0 bridgehead atoms. The fourth-order valence-corrected chi connectivity index (χ4v) is 2.93. The molecule has 2 fully saturated rings. The number of aliphatic hydroxyl groups excluding tert-OH is 1. The molecule has 2 N–H and O–H groups in total. The van der Waals surface area contributed by atoms with E-state index in [-0.39, 0.29) is 18.2 Å². The Morgan fingerprint density at radius 2 is 2.00 bits per heavy atom. The Labute approximate surface area is 119 Å². The summed E-state index contributed by atoms with van der Waals surface area (Å²) in [5.74, 6) is 0.566. The summed E-state index contributed by atoms with van der Waals surface area (Å²) >= 11 is 0. The largest absolute Gasteiger partial charge is 0.391 e. The quantitative estimate of drug-likeness (QED) is 0.888. The lowest BCUT2D eigenvalue weighted by Crippen LogP contribution is -2.48. The summed E-state index contributed by atoms with van der Waals surface area (Å²) in [5, 5.41) is 12.8. The van der Waals surface area contributed by atoms with Gasteiger partial charge in [0.15, 0.2) is 0 Å². The fraction of sp³-hybridized carbons (Fsp3) is 0.562. The molecule has 1 aliphatic heterocycles. The molecule has 108 valence electrons. The van der Waals surface area contributed by atoms with Crippen molar-refractivity contribution in [3.8, 4) is 0 Å². The third-order valence-corrected chi connectivity index (χ3v) is 4.21. The normalized spacial score (nSPS) is 24.2. The lowest BCUT2D eigenvalue weighted by Gasteiger charge is -2.32. The first-order valence-corrected chi connectivity index (χ1v) is 7.52. The Kier molecular flexibility index (Phi) is 3.92. The molecule has 4 heteroatoms. The maximum absolute atomic E-state index is 12.4. The Bertz CT molecular complexity index is 459.